The fraction of sp³-hybridized carbons (Fsp3) is 0.571. The van der Waals surface area contributed by atoms with Gasteiger partial charge in [-0.3, -0.25) is 0 Å². The van der Waals surface area contributed by atoms with E-state index in [0.717, 1.165) is 30.8 Å². The minimum Gasteiger partial charge on any atom is -0.381 e. The third kappa shape index (κ3) is 2.16. The average molecular weight is 269 g/mol. The molecule has 1 fully saturated rings. The Bertz CT molecular complexity index is 453. The lowest BCUT2D eigenvalue weighted by atomic mass is 9.88. The van der Waals surface area contributed by atoms with Crippen LogP contribution in [0.4, 0.5) is 15.8 Å². The Labute approximate surface area is 112 Å². The number of hydrogen-bond acceptors (Lipinski definition) is 2. The molecule has 0 amide bonds. The van der Waals surface area contributed by atoms with Gasteiger partial charge >= 0.3 is 0 Å². The second-order valence-corrected chi connectivity index (χ2v) is 5.89. The standard InChI is InChI=1S/C14H18ClFN2/c15-10-7-12-13(8-11(10)16)18-14(9-17-12)5-3-1-2-4-6-14/h7-8,17-18H,1-6,9H2. The summed E-state index contributed by atoms with van der Waals surface area (Å²) in [6.45, 7) is 0.905. The minimum atomic E-state index is -0.351. The first-order chi connectivity index (χ1) is 8.69. The van der Waals surface area contributed by atoms with Crippen LogP contribution in [0, 0.1) is 5.82 Å². The summed E-state index contributed by atoms with van der Waals surface area (Å²) in [5.41, 5.74) is 1.87. The number of nitrogens with one attached hydrogen (secondary N) is 2. The molecule has 1 aromatic carbocycles. The van der Waals surface area contributed by atoms with Gasteiger partial charge in [0, 0.05) is 12.6 Å². The molecule has 2 nitrogen and oxygen atoms in total. The van der Waals surface area contributed by atoms with Crippen LogP contribution in [0.3, 0.4) is 0 Å². The van der Waals surface area contributed by atoms with Crippen LogP contribution in [0.15, 0.2) is 12.1 Å². The Morgan fingerprint density at radius 1 is 1.06 bits per heavy atom. The summed E-state index contributed by atoms with van der Waals surface area (Å²) in [4.78, 5) is 0. The van der Waals surface area contributed by atoms with Crippen molar-refractivity contribution in [2.24, 2.45) is 0 Å². The highest BCUT2D eigenvalue weighted by Gasteiger charge is 2.34. The number of rotatable bonds is 0. The Morgan fingerprint density at radius 3 is 2.50 bits per heavy atom. The normalized spacial score (nSPS) is 21.7. The Hall–Kier alpha value is -0.960. The molecule has 0 unspecified atom stereocenters. The maximum Gasteiger partial charge on any atom is 0.143 e. The van der Waals surface area contributed by atoms with Crippen LogP contribution in [0.1, 0.15) is 38.5 Å². The Morgan fingerprint density at radius 2 is 1.78 bits per heavy atom. The number of hydrogen-bond donors (Lipinski definition) is 2. The fourth-order valence-corrected chi connectivity index (χ4v) is 3.26. The SMILES string of the molecule is Fc1cc2c(cc1Cl)NCC1(CCCCCC1)N2. The highest BCUT2D eigenvalue weighted by molar-refractivity contribution is 6.31. The molecule has 1 aliphatic carbocycles. The van der Waals surface area contributed by atoms with Gasteiger partial charge in [-0.25, -0.2) is 4.39 Å². The van der Waals surface area contributed by atoms with Gasteiger partial charge in [-0.05, 0) is 18.9 Å². The largest absolute Gasteiger partial charge is 0.381 e. The monoisotopic (exact) mass is 268 g/mol. The summed E-state index contributed by atoms with van der Waals surface area (Å²) < 4.78 is 13.5. The maximum atomic E-state index is 13.5. The van der Waals surface area contributed by atoms with Crippen LogP contribution < -0.4 is 10.6 Å². The average Bonchev–Trinajstić information content (AvgIpc) is 2.57. The van der Waals surface area contributed by atoms with Gasteiger partial charge in [0.25, 0.3) is 0 Å². The number of fused-ring (bicyclic) bond motifs is 1. The fourth-order valence-electron chi connectivity index (χ4n) is 3.10. The van der Waals surface area contributed by atoms with Crippen molar-refractivity contribution in [1.82, 2.24) is 0 Å². The first-order valence-electron chi connectivity index (χ1n) is 6.70. The van der Waals surface area contributed by atoms with E-state index in [1.807, 2.05) is 0 Å². The molecule has 4 heteroatoms. The zero-order chi connectivity index (χ0) is 12.6. The molecule has 1 aromatic rings. The van der Waals surface area contributed by atoms with Crippen molar-refractivity contribution >= 4 is 23.0 Å². The van der Waals surface area contributed by atoms with Crippen LogP contribution in [0.5, 0.6) is 0 Å². The van der Waals surface area contributed by atoms with E-state index in [0.29, 0.717) is 0 Å². The quantitative estimate of drug-likeness (QED) is 0.728. The summed E-state index contributed by atoms with van der Waals surface area (Å²) in [6, 6.07) is 3.18. The van der Waals surface area contributed by atoms with E-state index in [2.05, 4.69) is 10.6 Å². The van der Waals surface area contributed by atoms with Gasteiger partial charge in [0.2, 0.25) is 0 Å². The molecule has 1 aliphatic heterocycles. The van der Waals surface area contributed by atoms with Gasteiger partial charge in [-0.2, -0.15) is 0 Å². The molecule has 0 saturated heterocycles. The predicted octanol–water partition coefficient (Wildman–Crippen LogP) is 4.41. The van der Waals surface area contributed by atoms with Crippen LogP contribution in [0.25, 0.3) is 0 Å². The lowest BCUT2D eigenvalue weighted by Crippen LogP contribution is -2.47. The molecule has 2 N–H and O–H groups in total. The third-order valence-electron chi connectivity index (χ3n) is 4.14. The predicted molar refractivity (Wildman–Crippen MR) is 74.0 cm³/mol. The van der Waals surface area contributed by atoms with E-state index in [-0.39, 0.29) is 16.4 Å². The molecular weight excluding hydrogens is 251 g/mol. The molecule has 2 aliphatic rings. The van der Waals surface area contributed by atoms with Crippen molar-refractivity contribution < 1.29 is 4.39 Å². The van der Waals surface area contributed by atoms with E-state index in [4.69, 9.17) is 11.6 Å². The maximum absolute atomic E-state index is 13.5. The Balaban J connectivity index is 1.89. The molecule has 3 rings (SSSR count). The van der Waals surface area contributed by atoms with Crippen LogP contribution >= 0.6 is 11.6 Å². The van der Waals surface area contributed by atoms with E-state index < -0.39 is 0 Å². The van der Waals surface area contributed by atoms with Gasteiger partial charge in [0.05, 0.1) is 21.9 Å². The van der Waals surface area contributed by atoms with Crippen molar-refractivity contribution in [1.29, 1.82) is 0 Å². The van der Waals surface area contributed by atoms with Gasteiger partial charge in [0.1, 0.15) is 5.82 Å². The molecule has 0 radical (unpaired) electrons. The number of benzene rings is 1. The van der Waals surface area contributed by atoms with E-state index in [9.17, 15) is 4.39 Å². The molecule has 0 bridgehead atoms. The van der Waals surface area contributed by atoms with E-state index >= 15 is 0 Å². The van der Waals surface area contributed by atoms with Crippen molar-refractivity contribution in [2.75, 3.05) is 17.2 Å². The highest BCUT2D eigenvalue weighted by atomic mass is 35.5. The molecule has 98 valence electrons. The lowest BCUT2D eigenvalue weighted by molar-refractivity contribution is 0.422. The van der Waals surface area contributed by atoms with Crippen LogP contribution in [0.2, 0.25) is 5.02 Å². The van der Waals surface area contributed by atoms with Crippen molar-refractivity contribution in [3.05, 3.63) is 23.0 Å². The second kappa shape index (κ2) is 4.61. The smallest absolute Gasteiger partial charge is 0.143 e. The summed E-state index contributed by atoms with van der Waals surface area (Å²) in [7, 11) is 0. The summed E-state index contributed by atoms with van der Waals surface area (Å²) in [5, 5.41) is 7.15. The van der Waals surface area contributed by atoms with Crippen molar-refractivity contribution in [3.8, 4) is 0 Å². The Kier molecular flexibility index (Phi) is 3.10. The van der Waals surface area contributed by atoms with Gasteiger partial charge in [-0.1, -0.05) is 37.3 Å². The van der Waals surface area contributed by atoms with Gasteiger partial charge < -0.3 is 10.6 Å². The molecule has 18 heavy (non-hydrogen) atoms. The molecule has 0 atom stereocenters. The summed E-state index contributed by atoms with van der Waals surface area (Å²) in [6.07, 6.45) is 7.43. The van der Waals surface area contributed by atoms with Crippen molar-refractivity contribution in [2.45, 2.75) is 44.1 Å². The molecular formula is C14H18ClFN2. The highest BCUT2D eigenvalue weighted by Crippen LogP contribution is 2.39. The molecule has 0 aromatic heterocycles. The molecule has 1 heterocycles. The third-order valence-corrected chi connectivity index (χ3v) is 4.43. The first kappa shape index (κ1) is 12.1. The first-order valence-corrected chi connectivity index (χ1v) is 7.07. The summed E-state index contributed by atoms with van der Waals surface area (Å²) in [5.74, 6) is -0.351. The summed E-state index contributed by atoms with van der Waals surface area (Å²) >= 11 is 5.81. The van der Waals surface area contributed by atoms with E-state index in [1.54, 1.807) is 6.07 Å². The van der Waals surface area contributed by atoms with E-state index in [1.165, 1.54) is 31.7 Å². The lowest BCUT2D eigenvalue weighted by Gasteiger charge is -2.40. The molecule has 1 spiro atoms. The van der Waals surface area contributed by atoms with Crippen LogP contribution in [-0.2, 0) is 0 Å². The second-order valence-electron chi connectivity index (χ2n) is 5.48. The van der Waals surface area contributed by atoms with Crippen molar-refractivity contribution in [3.63, 3.8) is 0 Å². The molecule has 1 saturated carbocycles. The van der Waals surface area contributed by atoms with Gasteiger partial charge in [0.15, 0.2) is 0 Å². The number of halogens is 2. The zero-order valence-electron chi connectivity index (χ0n) is 10.4. The van der Waals surface area contributed by atoms with Crippen LogP contribution in [-0.4, -0.2) is 12.1 Å². The number of anilines is 2. The topological polar surface area (TPSA) is 24.1 Å². The minimum absolute atomic E-state index is 0.101. The zero-order valence-corrected chi connectivity index (χ0v) is 11.1. The van der Waals surface area contributed by atoms with Gasteiger partial charge in [-0.15, -0.1) is 0 Å².